The second-order valence-electron chi connectivity index (χ2n) is 4.44. The van der Waals surface area contributed by atoms with E-state index in [0.29, 0.717) is 12.1 Å². The van der Waals surface area contributed by atoms with Gasteiger partial charge < -0.3 is 9.94 Å². The number of nitrogens with zero attached hydrogens (tertiary/aromatic N) is 1. The van der Waals surface area contributed by atoms with Crippen LogP contribution < -0.4 is 4.73 Å². The number of unbranched alkanes of at least 4 members (excludes halogenated alkanes) is 1. The molecule has 0 spiro atoms. The number of hydrogen-bond donors (Lipinski definition) is 0. The van der Waals surface area contributed by atoms with E-state index in [2.05, 4.69) is 4.74 Å². The third-order valence-electron chi connectivity index (χ3n) is 2.81. The Bertz CT molecular complexity index is 438. The Morgan fingerprint density at radius 2 is 2.00 bits per heavy atom. The summed E-state index contributed by atoms with van der Waals surface area (Å²) in [7, 11) is 0. The molecular weight excluding hydrogens is 291 g/mol. The number of halogens is 3. The summed E-state index contributed by atoms with van der Waals surface area (Å²) < 4.78 is 40.8. The molecule has 1 rings (SSSR count). The molecule has 1 aromatic heterocycles. The number of aromatic nitrogens is 1. The minimum Gasteiger partial charge on any atom is -0.619 e. The Kier molecular flexibility index (Phi) is 6.61. The predicted octanol–water partition coefficient (Wildman–Crippen LogP) is 3.39. The predicted molar refractivity (Wildman–Crippen MR) is 71.7 cm³/mol. The van der Waals surface area contributed by atoms with Crippen LogP contribution in [-0.2, 0) is 4.74 Å². The Balaban J connectivity index is 2.21. The molecule has 0 amide bonds. The summed E-state index contributed by atoms with van der Waals surface area (Å²) in [5.41, 5.74) is 1.62. The molecule has 1 aromatic rings. The maximum atomic E-state index is 11.8. The second kappa shape index (κ2) is 7.73. The molecule has 0 unspecified atom stereocenters. The molecule has 0 aliphatic carbocycles. The minimum atomic E-state index is -4.25. The molecule has 20 heavy (non-hydrogen) atoms. The first-order chi connectivity index (χ1) is 9.31. The van der Waals surface area contributed by atoms with Gasteiger partial charge >= 0.3 is 6.18 Å². The molecular formula is C13H18F3NO2S. The van der Waals surface area contributed by atoms with Gasteiger partial charge in [0.1, 0.15) is 6.61 Å². The van der Waals surface area contributed by atoms with Crippen LogP contribution in [-0.4, -0.2) is 25.1 Å². The molecule has 0 fully saturated rings. The van der Waals surface area contributed by atoms with Crippen LogP contribution in [0.15, 0.2) is 17.2 Å². The standard InChI is InChI=1S/C13H18F3NO2S/c1-10-11(2)17(18)6-5-12(10)20-8-4-3-7-19-9-13(14,15)16/h5-6H,3-4,7-9H2,1-2H3. The van der Waals surface area contributed by atoms with Gasteiger partial charge in [-0.1, -0.05) is 0 Å². The van der Waals surface area contributed by atoms with Gasteiger partial charge in [0, 0.05) is 30.1 Å². The molecule has 0 N–H and O–H groups in total. The van der Waals surface area contributed by atoms with Gasteiger partial charge in [-0.25, -0.2) is 0 Å². The van der Waals surface area contributed by atoms with Crippen LogP contribution in [0.3, 0.4) is 0 Å². The first-order valence-corrected chi connectivity index (χ1v) is 7.26. The van der Waals surface area contributed by atoms with Crippen LogP contribution in [0.5, 0.6) is 0 Å². The zero-order valence-corrected chi connectivity index (χ0v) is 12.3. The number of pyridine rings is 1. The van der Waals surface area contributed by atoms with E-state index in [9.17, 15) is 18.4 Å². The summed E-state index contributed by atoms with van der Waals surface area (Å²) in [6.07, 6.45) is -1.42. The first-order valence-electron chi connectivity index (χ1n) is 6.28. The van der Waals surface area contributed by atoms with E-state index in [1.165, 1.54) is 6.20 Å². The molecule has 0 aliphatic heterocycles. The molecule has 0 aromatic carbocycles. The Hall–Kier alpha value is -0.950. The van der Waals surface area contributed by atoms with Crippen molar-refractivity contribution in [3.8, 4) is 0 Å². The van der Waals surface area contributed by atoms with Gasteiger partial charge in [-0.15, -0.1) is 11.8 Å². The third-order valence-corrected chi connectivity index (χ3v) is 4.06. The average molecular weight is 309 g/mol. The fraction of sp³-hybridized carbons (Fsp3) is 0.615. The summed E-state index contributed by atoms with van der Waals surface area (Å²) in [6.45, 7) is 2.59. The van der Waals surface area contributed by atoms with Gasteiger partial charge in [0.05, 0.1) is 0 Å². The van der Waals surface area contributed by atoms with E-state index in [0.717, 1.165) is 27.4 Å². The van der Waals surface area contributed by atoms with Crippen molar-refractivity contribution in [2.75, 3.05) is 19.0 Å². The zero-order valence-electron chi connectivity index (χ0n) is 11.5. The fourth-order valence-electron chi connectivity index (χ4n) is 1.55. The minimum absolute atomic E-state index is 0.118. The molecule has 0 radical (unpaired) electrons. The van der Waals surface area contributed by atoms with Gasteiger partial charge in [0.25, 0.3) is 0 Å². The van der Waals surface area contributed by atoms with Crippen LogP contribution in [0.25, 0.3) is 0 Å². The highest BCUT2D eigenvalue weighted by molar-refractivity contribution is 7.99. The van der Waals surface area contributed by atoms with Gasteiger partial charge in [-0.05, 0) is 25.5 Å². The van der Waals surface area contributed by atoms with Gasteiger partial charge in [0.15, 0.2) is 11.9 Å². The monoisotopic (exact) mass is 309 g/mol. The van der Waals surface area contributed by atoms with Crippen molar-refractivity contribution in [3.63, 3.8) is 0 Å². The lowest BCUT2D eigenvalue weighted by atomic mass is 10.2. The van der Waals surface area contributed by atoms with Crippen LogP contribution in [0.4, 0.5) is 13.2 Å². The molecule has 0 saturated carbocycles. The lowest BCUT2D eigenvalue weighted by molar-refractivity contribution is -0.613. The molecule has 0 aliphatic rings. The number of hydrogen-bond acceptors (Lipinski definition) is 3. The van der Waals surface area contributed by atoms with Crippen molar-refractivity contribution in [1.29, 1.82) is 0 Å². The van der Waals surface area contributed by atoms with Crippen LogP contribution >= 0.6 is 11.8 Å². The highest BCUT2D eigenvalue weighted by Crippen LogP contribution is 2.23. The smallest absolute Gasteiger partial charge is 0.411 e. The third kappa shape index (κ3) is 6.00. The van der Waals surface area contributed by atoms with Gasteiger partial charge in [-0.3, -0.25) is 0 Å². The molecule has 0 atom stereocenters. The second-order valence-corrected chi connectivity index (χ2v) is 5.58. The molecule has 1 heterocycles. The maximum Gasteiger partial charge on any atom is 0.411 e. The van der Waals surface area contributed by atoms with Crippen molar-refractivity contribution in [3.05, 3.63) is 28.7 Å². The number of thioether (sulfide) groups is 1. The van der Waals surface area contributed by atoms with E-state index in [4.69, 9.17) is 0 Å². The molecule has 0 bridgehead atoms. The lowest BCUT2D eigenvalue weighted by Crippen LogP contribution is -2.30. The SMILES string of the molecule is Cc1c(SCCCCOCC(F)(F)F)cc[n+]([O-])c1C. The Morgan fingerprint density at radius 3 is 2.65 bits per heavy atom. The topological polar surface area (TPSA) is 36.2 Å². The molecule has 3 nitrogen and oxygen atoms in total. The van der Waals surface area contributed by atoms with E-state index in [-0.39, 0.29) is 6.61 Å². The fourth-order valence-corrected chi connectivity index (χ4v) is 2.64. The van der Waals surface area contributed by atoms with Crippen LogP contribution in [0.2, 0.25) is 0 Å². The summed E-state index contributed by atoms with van der Waals surface area (Å²) >= 11 is 1.60. The van der Waals surface area contributed by atoms with Gasteiger partial charge in [-0.2, -0.15) is 17.9 Å². The highest BCUT2D eigenvalue weighted by Gasteiger charge is 2.27. The quantitative estimate of drug-likeness (QED) is 0.335. The van der Waals surface area contributed by atoms with Crippen molar-refractivity contribution in [1.82, 2.24) is 0 Å². The maximum absolute atomic E-state index is 11.8. The molecule has 7 heteroatoms. The van der Waals surface area contributed by atoms with Crippen molar-refractivity contribution < 1.29 is 22.6 Å². The zero-order chi connectivity index (χ0) is 15.2. The lowest BCUT2D eigenvalue weighted by Gasteiger charge is -2.09. The van der Waals surface area contributed by atoms with Crippen molar-refractivity contribution in [2.24, 2.45) is 0 Å². The highest BCUT2D eigenvalue weighted by atomic mass is 32.2. The van der Waals surface area contributed by atoms with Crippen LogP contribution in [0.1, 0.15) is 24.1 Å². The molecule has 114 valence electrons. The number of ether oxygens (including phenoxy) is 1. The summed E-state index contributed by atoms with van der Waals surface area (Å²) in [6, 6.07) is 1.76. The normalized spacial score (nSPS) is 11.8. The summed E-state index contributed by atoms with van der Waals surface area (Å²) in [4.78, 5) is 1.03. The average Bonchev–Trinajstić information content (AvgIpc) is 2.36. The largest absolute Gasteiger partial charge is 0.619 e. The van der Waals surface area contributed by atoms with Crippen molar-refractivity contribution in [2.45, 2.75) is 37.8 Å². The van der Waals surface area contributed by atoms with E-state index >= 15 is 0 Å². The van der Waals surface area contributed by atoms with Gasteiger partial charge in [0.2, 0.25) is 0 Å². The van der Waals surface area contributed by atoms with Crippen LogP contribution in [0, 0.1) is 19.1 Å². The number of alkyl halides is 3. The van der Waals surface area contributed by atoms with E-state index < -0.39 is 12.8 Å². The Morgan fingerprint density at radius 1 is 1.30 bits per heavy atom. The Labute approximate surface area is 120 Å². The van der Waals surface area contributed by atoms with E-state index in [1.807, 2.05) is 6.92 Å². The van der Waals surface area contributed by atoms with E-state index in [1.54, 1.807) is 24.8 Å². The summed E-state index contributed by atoms with van der Waals surface area (Å²) in [5.74, 6) is 0.790. The number of rotatable bonds is 7. The first kappa shape index (κ1) is 17.1. The van der Waals surface area contributed by atoms with Crippen molar-refractivity contribution >= 4 is 11.8 Å². The molecule has 0 saturated heterocycles. The summed E-state index contributed by atoms with van der Waals surface area (Å²) in [5, 5.41) is 11.3.